The molecule has 5 heteroatoms. The normalized spacial score (nSPS) is 24.6. The highest BCUT2D eigenvalue weighted by molar-refractivity contribution is 6.31. The molecule has 0 saturated heterocycles. The molecular weight excluding hydrogens is 334 g/mol. The van der Waals surface area contributed by atoms with Gasteiger partial charge in [0.2, 0.25) is 0 Å². The molecule has 2 atom stereocenters. The number of allylic oxidation sites excluding steroid dienone is 2. The number of fused-ring (bicyclic) bond motifs is 1. The van der Waals surface area contributed by atoms with E-state index in [-0.39, 0.29) is 11.5 Å². The molecule has 25 heavy (non-hydrogen) atoms. The minimum atomic E-state index is -1.10. The van der Waals surface area contributed by atoms with Crippen LogP contribution in [0.1, 0.15) is 47.6 Å². The molecule has 0 fully saturated rings. The van der Waals surface area contributed by atoms with E-state index in [9.17, 15) is 5.11 Å². The van der Waals surface area contributed by atoms with Crippen LogP contribution in [0.2, 0.25) is 5.02 Å². The Kier molecular flexibility index (Phi) is 4.12. The second kappa shape index (κ2) is 5.68. The van der Waals surface area contributed by atoms with Crippen molar-refractivity contribution in [2.45, 2.75) is 53.2 Å². The lowest BCUT2D eigenvalue weighted by Crippen LogP contribution is -2.54. The summed E-state index contributed by atoms with van der Waals surface area (Å²) in [6.45, 7) is 12.6. The van der Waals surface area contributed by atoms with Gasteiger partial charge in [0.05, 0.1) is 5.52 Å². The zero-order valence-electron chi connectivity index (χ0n) is 15.7. The van der Waals surface area contributed by atoms with Crippen molar-refractivity contribution in [3.05, 3.63) is 47.0 Å². The van der Waals surface area contributed by atoms with Crippen molar-refractivity contribution in [2.24, 2.45) is 10.8 Å². The molecule has 2 aromatic rings. The summed E-state index contributed by atoms with van der Waals surface area (Å²) in [6, 6.07) is 5.18. The van der Waals surface area contributed by atoms with E-state index in [0.717, 1.165) is 16.6 Å². The van der Waals surface area contributed by atoms with Crippen LogP contribution < -0.4 is 0 Å². The molecule has 4 nitrogen and oxygen atoms in total. The fourth-order valence-corrected chi connectivity index (χ4v) is 3.90. The Morgan fingerprint density at radius 2 is 1.84 bits per heavy atom. The molecule has 0 saturated carbocycles. The molecule has 0 amide bonds. The molecule has 1 aliphatic carbocycles. The zero-order valence-corrected chi connectivity index (χ0v) is 16.5. The first-order valence-corrected chi connectivity index (χ1v) is 8.96. The van der Waals surface area contributed by atoms with Gasteiger partial charge in [-0.2, -0.15) is 0 Å². The Bertz CT molecular complexity index is 867. The molecular formula is C20H26ClN3O. The molecule has 1 heterocycles. The fourth-order valence-electron chi connectivity index (χ4n) is 3.73. The van der Waals surface area contributed by atoms with E-state index in [1.807, 2.05) is 35.0 Å². The standard InChI is InChI=1S/C20H26ClN3O/c1-18(2,3)16-8-7-9-17(20(16,25)19(4,5)6)24-15-11-10-13(21)12-14(15)22-23-24/h7-12,17,25H,1-6H3. The first-order chi connectivity index (χ1) is 11.5. The van der Waals surface area contributed by atoms with Crippen LogP contribution in [-0.2, 0) is 0 Å². The molecule has 1 aromatic heterocycles. The van der Waals surface area contributed by atoms with Gasteiger partial charge in [0.15, 0.2) is 0 Å². The Morgan fingerprint density at radius 1 is 1.16 bits per heavy atom. The van der Waals surface area contributed by atoms with E-state index in [1.54, 1.807) is 6.07 Å². The van der Waals surface area contributed by atoms with Crippen molar-refractivity contribution in [1.29, 1.82) is 0 Å². The summed E-state index contributed by atoms with van der Waals surface area (Å²) in [6.07, 6.45) is 6.05. The summed E-state index contributed by atoms with van der Waals surface area (Å²) >= 11 is 6.08. The van der Waals surface area contributed by atoms with Crippen LogP contribution in [0, 0.1) is 10.8 Å². The third-order valence-corrected chi connectivity index (χ3v) is 5.28. The molecule has 1 N–H and O–H groups in total. The third-order valence-electron chi connectivity index (χ3n) is 5.04. The number of halogens is 1. The van der Waals surface area contributed by atoms with E-state index in [1.165, 1.54) is 0 Å². The molecule has 0 bridgehead atoms. The van der Waals surface area contributed by atoms with Crippen LogP contribution in [0.4, 0.5) is 0 Å². The molecule has 3 rings (SSSR count). The van der Waals surface area contributed by atoms with Crippen molar-refractivity contribution in [3.63, 3.8) is 0 Å². The maximum absolute atomic E-state index is 12.0. The second-order valence-corrected chi connectivity index (χ2v) is 9.28. The Balaban J connectivity index is 2.23. The van der Waals surface area contributed by atoms with Gasteiger partial charge in [-0.05, 0) is 34.6 Å². The largest absolute Gasteiger partial charge is 0.382 e. The van der Waals surface area contributed by atoms with E-state index in [0.29, 0.717) is 5.02 Å². The van der Waals surface area contributed by atoms with Gasteiger partial charge >= 0.3 is 0 Å². The average molecular weight is 360 g/mol. The maximum Gasteiger partial charge on any atom is 0.117 e. The molecule has 0 radical (unpaired) electrons. The highest BCUT2D eigenvalue weighted by Crippen LogP contribution is 2.52. The summed E-state index contributed by atoms with van der Waals surface area (Å²) in [5.41, 5.74) is 0.913. The van der Waals surface area contributed by atoms with E-state index >= 15 is 0 Å². The van der Waals surface area contributed by atoms with Gasteiger partial charge in [0, 0.05) is 5.02 Å². The van der Waals surface area contributed by atoms with Crippen LogP contribution >= 0.6 is 11.6 Å². The minimum Gasteiger partial charge on any atom is -0.382 e. The highest BCUT2D eigenvalue weighted by atomic mass is 35.5. The summed E-state index contributed by atoms with van der Waals surface area (Å²) in [5, 5.41) is 21.2. The van der Waals surface area contributed by atoms with Crippen molar-refractivity contribution >= 4 is 22.6 Å². The van der Waals surface area contributed by atoms with Crippen molar-refractivity contribution in [3.8, 4) is 0 Å². The number of aliphatic hydroxyl groups is 1. The quantitative estimate of drug-likeness (QED) is 0.784. The number of nitrogens with zero attached hydrogens (tertiary/aromatic N) is 3. The first-order valence-electron chi connectivity index (χ1n) is 8.58. The van der Waals surface area contributed by atoms with Gasteiger partial charge in [-0.1, -0.05) is 76.6 Å². The number of hydrogen-bond donors (Lipinski definition) is 1. The Morgan fingerprint density at radius 3 is 2.44 bits per heavy atom. The summed E-state index contributed by atoms with van der Waals surface area (Å²) in [5.74, 6) is 0. The van der Waals surface area contributed by atoms with Gasteiger partial charge in [0.25, 0.3) is 0 Å². The molecule has 134 valence electrons. The number of aromatic nitrogens is 3. The van der Waals surface area contributed by atoms with E-state index < -0.39 is 11.0 Å². The van der Waals surface area contributed by atoms with Crippen LogP contribution in [0.5, 0.6) is 0 Å². The van der Waals surface area contributed by atoms with E-state index in [2.05, 4.69) is 51.9 Å². The second-order valence-electron chi connectivity index (χ2n) is 8.84. The fraction of sp³-hybridized carbons (Fsp3) is 0.500. The SMILES string of the molecule is CC(C)(C)C1=CC=CC(n2nnc3cc(Cl)ccc32)C1(O)C(C)(C)C. The molecule has 2 unspecified atom stereocenters. The number of benzene rings is 1. The molecule has 1 aliphatic rings. The minimum absolute atomic E-state index is 0.176. The predicted molar refractivity (Wildman–Crippen MR) is 103 cm³/mol. The topological polar surface area (TPSA) is 50.9 Å². The summed E-state index contributed by atoms with van der Waals surface area (Å²) < 4.78 is 1.81. The molecule has 0 aliphatic heterocycles. The van der Waals surface area contributed by atoms with Gasteiger partial charge in [-0.15, -0.1) is 5.10 Å². The van der Waals surface area contributed by atoms with Gasteiger partial charge < -0.3 is 5.11 Å². The number of rotatable bonds is 1. The Hall–Kier alpha value is -1.65. The van der Waals surface area contributed by atoms with Crippen molar-refractivity contribution < 1.29 is 5.11 Å². The smallest absolute Gasteiger partial charge is 0.117 e. The van der Waals surface area contributed by atoms with E-state index in [4.69, 9.17) is 11.6 Å². The highest BCUT2D eigenvalue weighted by Gasteiger charge is 2.53. The van der Waals surface area contributed by atoms with Crippen LogP contribution in [0.3, 0.4) is 0 Å². The zero-order chi connectivity index (χ0) is 18.6. The van der Waals surface area contributed by atoms with Gasteiger partial charge in [-0.3, -0.25) is 0 Å². The van der Waals surface area contributed by atoms with Crippen LogP contribution in [0.15, 0.2) is 42.0 Å². The van der Waals surface area contributed by atoms with Crippen molar-refractivity contribution in [2.75, 3.05) is 0 Å². The molecule has 1 aromatic carbocycles. The summed E-state index contributed by atoms with van der Waals surface area (Å²) in [7, 11) is 0. The van der Waals surface area contributed by atoms with Crippen LogP contribution in [0.25, 0.3) is 11.0 Å². The monoisotopic (exact) mass is 359 g/mol. The van der Waals surface area contributed by atoms with Gasteiger partial charge in [-0.25, -0.2) is 4.68 Å². The van der Waals surface area contributed by atoms with Gasteiger partial charge in [0.1, 0.15) is 17.2 Å². The lowest BCUT2D eigenvalue weighted by atomic mass is 9.60. The lowest BCUT2D eigenvalue weighted by Gasteiger charge is -2.51. The van der Waals surface area contributed by atoms with Crippen molar-refractivity contribution in [1.82, 2.24) is 15.0 Å². The van der Waals surface area contributed by atoms with Crippen LogP contribution in [-0.4, -0.2) is 25.7 Å². The third kappa shape index (κ3) is 2.81. The molecule has 0 spiro atoms. The lowest BCUT2D eigenvalue weighted by molar-refractivity contribution is -0.0687. The summed E-state index contributed by atoms with van der Waals surface area (Å²) in [4.78, 5) is 0. The predicted octanol–water partition coefficient (Wildman–Crippen LogP) is 4.95. The maximum atomic E-state index is 12.0. The Labute approximate surface area is 154 Å². The number of hydrogen-bond acceptors (Lipinski definition) is 3. The average Bonchev–Trinajstić information content (AvgIpc) is 2.87. The first kappa shape index (κ1) is 18.2.